The van der Waals surface area contributed by atoms with Gasteiger partial charge in [-0.1, -0.05) is 11.6 Å². The smallest absolute Gasteiger partial charge is 0.259 e. The third-order valence-electron chi connectivity index (χ3n) is 2.63. The van der Waals surface area contributed by atoms with E-state index in [1.54, 1.807) is 31.4 Å². The van der Waals surface area contributed by atoms with Crippen LogP contribution in [0.15, 0.2) is 28.9 Å². The number of nitrogens with one attached hydrogen (secondary N) is 1. The fourth-order valence-electron chi connectivity index (χ4n) is 1.73. The normalized spacial score (nSPS) is 10.4. The van der Waals surface area contributed by atoms with Gasteiger partial charge in [0.25, 0.3) is 5.91 Å². The molecule has 1 aromatic heterocycles. The molecule has 4 nitrogen and oxygen atoms in total. The number of nitrogen functional groups attached to an aromatic ring is 1. The SMILES string of the molecule is Cc1coc(C)c1C(=O)Nc1ccc(N)cc1Cl. The number of anilines is 2. The number of benzene rings is 1. The van der Waals surface area contributed by atoms with Gasteiger partial charge in [0.15, 0.2) is 0 Å². The Morgan fingerprint density at radius 1 is 1.39 bits per heavy atom. The molecule has 18 heavy (non-hydrogen) atoms. The van der Waals surface area contributed by atoms with Crippen LogP contribution in [0.4, 0.5) is 11.4 Å². The third kappa shape index (κ3) is 2.33. The largest absolute Gasteiger partial charge is 0.469 e. The minimum absolute atomic E-state index is 0.245. The van der Waals surface area contributed by atoms with Crippen molar-refractivity contribution in [3.05, 3.63) is 46.4 Å². The molecule has 0 atom stereocenters. The van der Waals surface area contributed by atoms with E-state index < -0.39 is 0 Å². The van der Waals surface area contributed by atoms with Gasteiger partial charge < -0.3 is 15.5 Å². The predicted molar refractivity (Wildman–Crippen MR) is 72.0 cm³/mol. The summed E-state index contributed by atoms with van der Waals surface area (Å²) in [7, 11) is 0. The predicted octanol–water partition coefficient (Wildman–Crippen LogP) is 3.38. The van der Waals surface area contributed by atoms with Gasteiger partial charge in [-0.3, -0.25) is 4.79 Å². The number of carbonyl (C=O) groups excluding carboxylic acids is 1. The van der Waals surface area contributed by atoms with E-state index in [4.69, 9.17) is 21.8 Å². The number of hydrogen-bond acceptors (Lipinski definition) is 3. The monoisotopic (exact) mass is 264 g/mol. The van der Waals surface area contributed by atoms with E-state index in [9.17, 15) is 4.79 Å². The minimum Gasteiger partial charge on any atom is -0.469 e. The van der Waals surface area contributed by atoms with Gasteiger partial charge in [0, 0.05) is 11.3 Å². The second-order valence-electron chi connectivity index (χ2n) is 4.04. The topological polar surface area (TPSA) is 68.3 Å². The van der Waals surface area contributed by atoms with Crippen molar-refractivity contribution in [2.24, 2.45) is 0 Å². The molecule has 1 heterocycles. The lowest BCUT2D eigenvalue weighted by molar-refractivity contribution is 0.102. The summed E-state index contributed by atoms with van der Waals surface area (Å²) in [6, 6.07) is 4.93. The van der Waals surface area contributed by atoms with Gasteiger partial charge in [-0.25, -0.2) is 0 Å². The van der Waals surface area contributed by atoms with Crippen molar-refractivity contribution in [3.63, 3.8) is 0 Å². The molecule has 1 aromatic carbocycles. The van der Waals surface area contributed by atoms with Crippen molar-refractivity contribution in [1.29, 1.82) is 0 Å². The Bertz CT molecular complexity index is 586. The van der Waals surface area contributed by atoms with Crippen molar-refractivity contribution >= 4 is 28.9 Å². The Morgan fingerprint density at radius 2 is 2.11 bits per heavy atom. The maximum absolute atomic E-state index is 12.1. The second-order valence-corrected chi connectivity index (χ2v) is 4.45. The number of hydrogen-bond donors (Lipinski definition) is 2. The van der Waals surface area contributed by atoms with Crippen molar-refractivity contribution < 1.29 is 9.21 Å². The van der Waals surface area contributed by atoms with Crippen LogP contribution in [0, 0.1) is 13.8 Å². The van der Waals surface area contributed by atoms with E-state index in [2.05, 4.69) is 5.32 Å². The summed E-state index contributed by atoms with van der Waals surface area (Å²) in [5, 5.41) is 3.14. The average molecular weight is 265 g/mol. The van der Waals surface area contributed by atoms with E-state index in [0.29, 0.717) is 27.7 Å². The Balaban J connectivity index is 2.27. The first-order chi connectivity index (χ1) is 8.49. The van der Waals surface area contributed by atoms with Gasteiger partial charge in [-0.05, 0) is 32.0 Å². The summed E-state index contributed by atoms with van der Waals surface area (Å²) in [5.74, 6) is 0.335. The molecule has 5 heteroatoms. The lowest BCUT2D eigenvalue weighted by atomic mass is 10.1. The number of amides is 1. The molecular formula is C13H13ClN2O2. The van der Waals surface area contributed by atoms with Crippen LogP contribution in [0.25, 0.3) is 0 Å². The fraction of sp³-hybridized carbons (Fsp3) is 0.154. The molecule has 0 saturated heterocycles. The van der Waals surface area contributed by atoms with Gasteiger partial charge in [0.1, 0.15) is 5.76 Å². The van der Waals surface area contributed by atoms with Gasteiger partial charge in [0.05, 0.1) is 22.5 Å². The Morgan fingerprint density at radius 3 is 2.67 bits per heavy atom. The maximum atomic E-state index is 12.1. The van der Waals surface area contributed by atoms with E-state index in [1.807, 2.05) is 6.92 Å². The summed E-state index contributed by atoms with van der Waals surface area (Å²) in [5.41, 5.74) is 7.98. The molecular weight excluding hydrogens is 252 g/mol. The zero-order valence-corrected chi connectivity index (χ0v) is 10.8. The first-order valence-corrected chi connectivity index (χ1v) is 5.78. The van der Waals surface area contributed by atoms with Crippen LogP contribution < -0.4 is 11.1 Å². The zero-order valence-electron chi connectivity index (χ0n) is 10.1. The molecule has 0 bridgehead atoms. The van der Waals surface area contributed by atoms with Crippen LogP contribution in [0.5, 0.6) is 0 Å². The standard InChI is InChI=1S/C13H13ClN2O2/c1-7-6-18-8(2)12(7)13(17)16-11-4-3-9(15)5-10(11)14/h3-6H,15H2,1-2H3,(H,16,17). The lowest BCUT2D eigenvalue weighted by Crippen LogP contribution is -2.13. The summed E-state index contributed by atoms with van der Waals surface area (Å²) < 4.78 is 5.19. The molecule has 0 spiro atoms. The van der Waals surface area contributed by atoms with E-state index in [1.165, 1.54) is 0 Å². The highest BCUT2D eigenvalue weighted by Gasteiger charge is 2.16. The van der Waals surface area contributed by atoms with Gasteiger partial charge in [-0.15, -0.1) is 0 Å². The fourth-order valence-corrected chi connectivity index (χ4v) is 1.97. The molecule has 0 aliphatic heterocycles. The summed E-state index contributed by atoms with van der Waals surface area (Å²) in [4.78, 5) is 12.1. The maximum Gasteiger partial charge on any atom is 0.259 e. The molecule has 0 saturated carbocycles. The molecule has 0 radical (unpaired) electrons. The molecule has 3 N–H and O–H groups in total. The zero-order chi connectivity index (χ0) is 13.3. The third-order valence-corrected chi connectivity index (χ3v) is 2.94. The van der Waals surface area contributed by atoms with Crippen LogP contribution in [0.1, 0.15) is 21.7 Å². The number of furan rings is 1. The molecule has 94 valence electrons. The Labute approximate surface area is 110 Å². The lowest BCUT2D eigenvalue weighted by Gasteiger charge is -2.07. The van der Waals surface area contributed by atoms with Crippen molar-refractivity contribution in [1.82, 2.24) is 0 Å². The quantitative estimate of drug-likeness (QED) is 0.817. The Hall–Kier alpha value is -1.94. The van der Waals surface area contributed by atoms with Crippen molar-refractivity contribution in [3.8, 4) is 0 Å². The molecule has 1 amide bonds. The first-order valence-electron chi connectivity index (χ1n) is 5.40. The number of halogens is 1. The van der Waals surface area contributed by atoms with Crippen LogP contribution in [-0.2, 0) is 0 Å². The van der Waals surface area contributed by atoms with Crippen LogP contribution in [-0.4, -0.2) is 5.91 Å². The molecule has 0 aliphatic carbocycles. The highest BCUT2D eigenvalue weighted by molar-refractivity contribution is 6.34. The van der Waals surface area contributed by atoms with Crippen LogP contribution in [0.3, 0.4) is 0 Å². The van der Waals surface area contributed by atoms with E-state index >= 15 is 0 Å². The van der Waals surface area contributed by atoms with Gasteiger partial charge >= 0.3 is 0 Å². The van der Waals surface area contributed by atoms with E-state index in [-0.39, 0.29) is 5.91 Å². The van der Waals surface area contributed by atoms with Crippen molar-refractivity contribution in [2.75, 3.05) is 11.1 Å². The molecule has 0 unspecified atom stereocenters. The number of nitrogens with two attached hydrogens (primary N) is 1. The first kappa shape index (κ1) is 12.5. The highest BCUT2D eigenvalue weighted by atomic mass is 35.5. The van der Waals surface area contributed by atoms with Crippen molar-refractivity contribution in [2.45, 2.75) is 13.8 Å². The highest BCUT2D eigenvalue weighted by Crippen LogP contribution is 2.25. The molecule has 0 aliphatic rings. The number of rotatable bonds is 2. The summed E-state index contributed by atoms with van der Waals surface area (Å²) in [6.45, 7) is 3.56. The average Bonchev–Trinajstić information content (AvgIpc) is 2.62. The minimum atomic E-state index is -0.245. The number of carbonyl (C=O) groups is 1. The van der Waals surface area contributed by atoms with Crippen LogP contribution in [0.2, 0.25) is 5.02 Å². The molecule has 0 fully saturated rings. The summed E-state index contributed by atoms with van der Waals surface area (Å²) in [6.07, 6.45) is 1.55. The van der Waals surface area contributed by atoms with Gasteiger partial charge in [-0.2, -0.15) is 0 Å². The van der Waals surface area contributed by atoms with Gasteiger partial charge in [0.2, 0.25) is 0 Å². The van der Waals surface area contributed by atoms with Crippen LogP contribution >= 0.6 is 11.6 Å². The molecule has 2 rings (SSSR count). The Kier molecular flexibility index (Phi) is 3.30. The second kappa shape index (κ2) is 4.74. The van der Waals surface area contributed by atoms with E-state index in [0.717, 1.165) is 5.56 Å². The molecule has 2 aromatic rings. The number of aryl methyl sites for hydroxylation is 2. The summed E-state index contributed by atoms with van der Waals surface area (Å²) >= 11 is 6.00.